The number of hydrogen-bond donors (Lipinski definition) is 1. The molecule has 0 spiro atoms. The van der Waals surface area contributed by atoms with Gasteiger partial charge < -0.3 is 10.1 Å². The Balaban J connectivity index is 1.97. The number of rotatable bonds is 6. The molecule has 0 aliphatic carbocycles. The third-order valence-corrected chi connectivity index (χ3v) is 3.12. The van der Waals surface area contributed by atoms with Crippen LogP contribution in [-0.2, 0) is 6.54 Å². The summed E-state index contributed by atoms with van der Waals surface area (Å²) in [5.74, 6) is 1.20. The van der Waals surface area contributed by atoms with E-state index >= 15 is 0 Å². The Bertz CT molecular complexity index is 578. The summed E-state index contributed by atoms with van der Waals surface area (Å²) >= 11 is 0. The molecule has 0 atom stereocenters. The van der Waals surface area contributed by atoms with Gasteiger partial charge in [0, 0.05) is 6.54 Å². The lowest BCUT2D eigenvalue weighted by atomic mass is 10.2. The fourth-order valence-electron chi connectivity index (χ4n) is 2.00. The fourth-order valence-corrected chi connectivity index (χ4v) is 2.00. The fraction of sp³-hybridized carbons (Fsp3) is 0.333. The zero-order valence-corrected chi connectivity index (χ0v) is 12.8. The van der Waals surface area contributed by atoms with Crippen LogP contribution >= 0.6 is 0 Å². The Morgan fingerprint density at radius 1 is 1.10 bits per heavy atom. The summed E-state index contributed by atoms with van der Waals surface area (Å²) in [6.07, 6.45) is 0. The molecule has 21 heavy (non-hydrogen) atoms. The highest BCUT2D eigenvalue weighted by Crippen LogP contribution is 2.25. The average Bonchev–Trinajstić information content (AvgIpc) is 2.44. The molecule has 2 rings (SSSR count). The molecule has 0 radical (unpaired) electrons. The van der Waals surface area contributed by atoms with Crippen LogP contribution < -0.4 is 10.1 Å². The average molecular weight is 287 g/mol. The van der Waals surface area contributed by atoms with Crippen molar-refractivity contribution >= 4 is 0 Å². The molecule has 2 aromatic carbocycles. The van der Waals surface area contributed by atoms with Crippen LogP contribution in [0.5, 0.6) is 11.5 Å². The molecule has 0 saturated carbocycles. The van der Waals surface area contributed by atoms with E-state index in [0.717, 1.165) is 18.7 Å². The summed E-state index contributed by atoms with van der Waals surface area (Å²) in [4.78, 5) is 0. The van der Waals surface area contributed by atoms with Gasteiger partial charge in [0.25, 0.3) is 0 Å². The molecule has 0 aromatic heterocycles. The van der Waals surface area contributed by atoms with Crippen molar-refractivity contribution in [1.29, 1.82) is 0 Å². The van der Waals surface area contributed by atoms with E-state index in [-0.39, 0.29) is 11.6 Å². The topological polar surface area (TPSA) is 21.3 Å². The summed E-state index contributed by atoms with van der Waals surface area (Å²) in [5, 5.41) is 3.39. The smallest absolute Gasteiger partial charge is 0.165 e. The van der Waals surface area contributed by atoms with Crippen molar-refractivity contribution in [3.63, 3.8) is 0 Å². The molecule has 0 aliphatic rings. The Hall–Kier alpha value is -1.87. The van der Waals surface area contributed by atoms with Gasteiger partial charge in [-0.2, -0.15) is 0 Å². The Labute approximate surface area is 126 Å². The van der Waals surface area contributed by atoms with Gasteiger partial charge in [0.1, 0.15) is 5.75 Å². The molecule has 0 aliphatic heterocycles. The predicted molar refractivity (Wildman–Crippen MR) is 84.2 cm³/mol. The first kappa shape index (κ1) is 15.5. The Kier molecular flexibility index (Phi) is 5.34. The van der Waals surface area contributed by atoms with Gasteiger partial charge in [0.15, 0.2) is 11.6 Å². The molecule has 0 saturated heterocycles. The molecule has 0 fully saturated rings. The molecular formula is C18H22FNO. The van der Waals surface area contributed by atoms with Crippen molar-refractivity contribution in [3.05, 3.63) is 59.4 Å². The van der Waals surface area contributed by atoms with Gasteiger partial charge in [-0.15, -0.1) is 0 Å². The summed E-state index contributed by atoms with van der Waals surface area (Å²) in [5.41, 5.74) is 2.16. The van der Waals surface area contributed by atoms with E-state index in [1.165, 1.54) is 11.6 Å². The third kappa shape index (κ3) is 4.87. The third-order valence-electron chi connectivity index (χ3n) is 3.12. The maximum absolute atomic E-state index is 13.6. The highest BCUT2D eigenvalue weighted by molar-refractivity contribution is 5.35. The molecule has 2 aromatic rings. The van der Waals surface area contributed by atoms with Gasteiger partial charge in [-0.25, -0.2) is 4.39 Å². The van der Waals surface area contributed by atoms with Gasteiger partial charge >= 0.3 is 0 Å². The van der Waals surface area contributed by atoms with Crippen molar-refractivity contribution < 1.29 is 9.13 Å². The maximum Gasteiger partial charge on any atom is 0.165 e. The summed E-state index contributed by atoms with van der Waals surface area (Å²) in [7, 11) is 0. The van der Waals surface area contributed by atoms with Crippen molar-refractivity contribution in [1.82, 2.24) is 5.32 Å². The number of nitrogens with one attached hydrogen (secondary N) is 1. The predicted octanol–water partition coefficient (Wildman–Crippen LogP) is 4.67. The van der Waals surface area contributed by atoms with Gasteiger partial charge in [0.2, 0.25) is 0 Å². The van der Waals surface area contributed by atoms with Crippen LogP contribution in [0.15, 0.2) is 42.5 Å². The van der Waals surface area contributed by atoms with Crippen molar-refractivity contribution in [2.24, 2.45) is 5.92 Å². The molecule has 0 bridgehead atoms. The normalized spacial score (nSPS) is 10.9. The van der Waals surface area contributed by atoms with Gasteiger partial charge in [-0.3, -0.25) is 0 Å². The van der Waals surface area contributed by atoms with Gasteiger partial charge in [0.05, 0.1) is 0 Å². The first-order valence-electron chi connectivity index (χ1n) is 7.28. The van der Waals surface area contributed by atoms with Crippen LogP contribution in [0, 0.1) is 18.7 Å². The zero-order chi connectivity index (χ0) is 15.2. The van der Waals surface area contributed by atoms with E-state index in [1.807, 2.05) is 31.2 Å². The molecule has 0 amide bonds. The van der Waals surface area contributed by atoms with E-state index in [9.17, 15) is 4.39 Å². The molecule has 0 heterocycles. The van der Waals surface area contributed by atoms with E-state index < -0.39 is 0 Å². The quantitative estimate of drug-likeness (QED) is 0.833. The first-order chi connectivity index (χ1) is 10.0. The standard InChI is InChI=1S/C18H22FNO/c1-13(2)11-20-12-15-5-7-16(8-6-15)21-18-10-14(3)4-9-17(18)19/h4-10,13,20H,11-12H2,1-3H3. The Morgan fingerprint density at radius 3 is 2.48 bits per heavy atom. The minimum absolute atomic E-state index is 0.265. The van der Waals surface area contributed by atoms with Crippen LogP contribution in [0.25, 0.3) is 0 Å². The molecule has 1 N–H and O–H groups in total. The number of benzene rings is 2. The van der Waals surface area contributed by atoms with Crippen LogP contribution in [0.4, 0.5) is 4.39 Å². The van der Waals surface area contributed by atoms with Crippen LogP contribution in [0.3, 0.4) is 0 Å². The largest absolute Gasteiger partial charge is 0.454 e. The van der Waals surface area contributed by atoms with E-state index in [1.54, 1.807) is 12.1 Å². The molecule has 3 heteroatoms. The molecular weight excluding hydrogens is 265 g/mol. The second-order valence-corrected chi connectivity index (χ2v) is 5.70. The van der Waals surface area contributed by atoms with Gasteiger partial charge in [-0.05, 0) is 54.8 Å². The number of halogens is 1. The van der Waals surface area contributed by atoms with E-state index in [0.29, 0.717) is 11.7 Å². The van der Waals surface area contributed by atoms with Crippen molar-refractivity contribution in [3.8, 4) is 11.5 Å². The summed E-state index contributed by atoms with van der Waals surface area (Å²) in [6.45, 7) is 8.10. The summed E-state index contributed by atoms with van der Waals surface area (Å²) < 4.78 is 19.2. The van der Waals surface area contributed by atoms with Crippen LogP contribution in [0.1, 0.15) is 25.0 Å². The highest BCUT2D eigenvalue weighted by Gasteiger charge is 2.05. The lowest BCUT2D eigenvalue weighted by Gasteiger charge is -2.10. The SMILES string of the molecule is Cc1ccc(F)c(Oc2ccc(CNCC(C)C)cc2)c1. The second kappa shape index (κ2) is 7.23. The number of aryl methyl sites for hydroxylation is 1. The molecule has 2 nitrogen and oxygen atoms in total. The van der Waals surface area contributed by atoms with Gasteiger partial charge in [-0.1, -0.05) is 32.0 Å². The summed E-state index contributed by atoms with van der Waals surface area (Å²) in [6, 6.07) is 12.6. The zero-order valence-electron chi connectivity index (χ0n) is 12.8. The molecule has 112 valence electrons. The molecule has 0 unspecified atom stereocenters. The van der Waals surface area contributed by atoms with E-state index in [4.69, 9.17) is 4.74 Å². The minimum atomic E-state index is -0.344. The maximum atomic E-state index is 13.6. The lowest BCUT2D eigenvalue weighted by molar-refractivity contribution is 0.441. The van der Waals surface area contributed by atoms with Crippen LogP contribution in [-0.4, -0.2) is 6.54 Å². The highest BCUT2D eigenvalue weighted by atomic mass is 19.1. The number of ether oxygens (including phenoxy) is 1. The van der Waals surface area contributed by atoms with Crippen molar-refractivity contribution in [2.75, 3.05) is 6.54 Å². The first-order valence-corrected chi connectivity index (χ1v) is 7.28. The Morgan fingerprint density at radius 2 is 1.81 bits per heavy atom. The monoisotopic (exact) mass is 287 g/mol. The van der Waals surface area contributed by atoms with Crippen molar-refractivity contribution in [2.45, 2.75) is 27.3 Å². The minimum Gasteiger partial charge on any atom is -0.454 e. The second-order valence-electron chi connectivity index (χ2n) is 5.70. The van der Waals surface area contributed by atoms with E-state index in [2.05, 4.69) is 19.2 Å². The lowest BCUT2D eigenvalue weighted by Crippen LogP contribution is -2.18. The number of hydrogen-bond acceptors (Lipinski definition) is 2. The van der Waals surface area contributed by atoms with Crippen LogP contribution in [0.2, 0.25) is 0 Å².